The number of halogens is 3. The van der Waals surface area contributed by atoms with E-state index in [4.69, 9.17) is 0 Å². The highest BCUT2D eigenvalue weighted by atomic mass is 127. The molecule has 1 rings (SSSR count). The summed E-state index contributed by atoms with van der Waals surface area (Å²) in [6.45, 7) is 0.409. The lowest BCUT2D eigenvalue weighted by Crippen LogP contribution is -2.00. The first kappa shape index (κ1) is 8.86. The van der Waals surface area contributed by atoms with Crippen LogP contribution in [0.5, 0.6) is 0 Å². The highest BCUT2D eigenvalue weighted by Gasteiger charge is 2.01. The van der Waals surface area contributed by atoms with Crippen molar-refractivity contribution < 1.29 is 8.78 Å². The molecule has 0 atom stereocenters. The molecule has 1 aromatic rings. The fourth-order valence-corrected chi connectivity index (χ4v) is 1.15. The zero-order valence-electron chi connectivity index (χ0n) is 5.57. The molecule has 4 heteroatoms. The van der Waals surface area contributed by atoms with Crippen LogP contribution in [0.1, 0.15) is 5.56 Å². The van der Waals surface area contributed by atoms with Crippen molar-refractivity contribution in [2.45, 2.75) is 6.54 Å². The normalized spacial score (nSPS) is 10.1. The van der Waals surface area contributed by atoms with E-state index < -0.39 is 11.6 Å². The SMILES string of the molecule is Fc1ccc(CNI)c(F)c1. The van der Waals surface area contributed by atoms with E-state index in [9.17, 15) is 8.78 Å². The second kappa shape index (κ2) is 3.96. The standard InChI is InChI=1S/C7H6F2IN/c8-6-2-1-5(4-11-10)7(9)3-6/h1-3,11H,4H2. The van der Waals surface area contributed by atoms with Gasteiger partial charge in [0.25, 0.3) is 0 Å². The number of rotatable bonds is 2. The molecular formula is C7H6F2IN. The van der Waals surface area contributed by atoms with Crippen molar-refractivity contribution in [2.24, 2.45) is 0 Å². The second-order valence-corrected chi connectivity index (χ2v) is 2.81. The second-order valence-electron chi connectivity index (χ2n) is 2.05. The summed E-state index contributed by atoms with van der Waals surface area (Å²) in [4.78, 5) is 0. The maximum Gasteiger partial charge on any atom is 0.130 e. The predicted molar refractivity (Wildman–Crippen MR) is 47.2 cm³/mol. The molecule has 0 aromatic heterocycles. The Labute approximate surface area is 77.3 Å². The van der Waals surface area contributed by atoms with Crippen LogP contribution in [-0.4, -0.2) is 0 Å². The Morgan fingerprint density at radius 1 is 1.36 bits per heavy atom. The van der Waals surface area contributed by atoms with E-state index in [0.29, 0.717) is 12.1 Å². The van der Waals surface area contributed by atoms with Crippen LogP contribution in [0.25, 0.3) is 0 Å². The molecule has 1 N–H and O–H groups in total. The molecule has 1 nitrogen and oxygen atoms in total. The molecule has 0 aliphatic heterocycles. The molecule has 60 valence electrons. The van der Waals surface area contributed by atoms with Gasteiger partial charge in [-0.05, 0) is 6.07 Å². The molecule has 0 saturated carbocycles. The molecule has 0 unspecified atom stereocenters. The van der Waals surface area contributed by atoms with Crippen LogP contribution in [0.2, 0.25) is 0 Å². The van der Waals surface area contributed by atoms with Crippen molar-refractivity contribution in [1.29, 1.82) is 0 Å². The predicted octanol–water partition coefficient (Wildman–Crippen LogP) is 2.40. The van der Waals surface area contributed by atoms with Crippen molar-refractivity contribution in [3.05, 3.63) is 35.4 Å². The summed E-state index contributed by atoms with van der Waals surface area (Å²) in [7, 11) is 0. The van der Waals surface area contributed by atoms with Crippen LogP contribution in [0, 0.1) is 11.6 Å². The van der Waals surface area contributed by atoms with E-state index in [1.54, 1.807) is 0 Å². The monoisotopic (exact) mass is 269 g/mol. The molecule has 0 amide bonds. The van der Waals surface area contributed by atoms with Gasteiger partial charge in [0.15, 0.2) is 0 Å². The first-order chi connectivity index (χ1) is 5.24. The Morgan fingerprint density at radius 3 is 2.64 bits per heavy atom. The minimum absolute atomic E-state index is 0.409. The van der Waals surface area contributed by atoms with Crippen LogP contribution in [0.4, 0.5) is 8.78 Å². The Kier molecular flexibility index (Phi) is 3.19. The molecule has 0 fully saturated rings. The van der Waals surface area contributed by atoms with Crippen LogP contribution < -0.4 is 3.53 Å². The van der Waals surface area contributed by atoms with Crippen LogP contribution in [0.3, 0.4) is 0 Å². The Hall–Kier alpha value is -0.230. The summed E-state index contributed by atoms with van der Waals surface area (Å²) in [5.41, 5.74) is 0.473. The highest BCUT2D eigenvalue weighted by Crippen LogP contribution is 2.09. The fourth-order valence-electron chi connectivity index (χ4n) is 0.737. The lowest BCUT2D eigenvalue weighted by atomic mass is 10.2. The quantitative estimate of drug-likeness (QED) is 0.642. The summed E-state index contributed by atoms with van der Waals surface area (Å²) in [5.74, 6) is -1.05. The van der Waals surface area contributed by atoms with Crippen molar-refractivity contribution >= 4 is 22.9 Å². The maximum absolute atomic E-state index is 12.8. The molecule has 0 spiro atoms. The zero-order chi connectivity index (χ0) is 8.27. The Balaban J connectivity index is 2.90. The third-order valence-corrected chi connectivity index (χ3v) is 1.65. The van der Waals surface area contributed by atoms with Gasteiger partial charge in [-0.25, -0.2) is 8.78 Å². The van der Waals surface area contributed by atoms with Crippen LogP contribution in [0.15, 0.2) is 18.2 Å². The highest BCUT2D eigenvalue weighted by molar-refractivity contribution is 14.1. The van der Waals surface area contributed by atoms with Crippen molar-refractivity contribution in [2.75, 3.05) is 0 Å². The first-order valence-corrected chi connectivity index (χ1v) is 4.09. The first-order valence-electron chi connectivity index (χ1n) is 3.01. The van der Waals surface area contributed by atoms with Crippen molar-refractivity contribution in [3.63, 3.8) is 0 Å². The molecule has 0 saturated heterocycles. The minimum atomic E-state index is -0.542. The van der Waals surface area contributed by atoms with Gasteiger partial charge in [0.2, 0.25) is 0 Å². The number of nitrogens with one attached hydrogen (secondary N) is 1. The molecular weight excluding hydrogens is 263 g/mol. The van der Waals surface area contributed by atoms with Gasteiger partial charge in [-0.1, -0.05) is 6.07 Å². The molecule has 0 aliphatic carbocycles. The third kappa shape index (κ3) is 2.37. The van der Waals surface area contributed by atoms with E-state index in [1.807, 2.05) is 22.9 Å². The Morgan fingerprint density at radius 2 is 2.09 bits per heavy atom. The van der Waals surface area contributed by atoms with Gasteiger partial charge in [0, 0.05) is 41.0 Å². The average molecular weight is 269 g/mol. The molecule has 0 radical (unpaired) electrons. The third-order valence-electron chi connectivity index (χ3n) is 1.27. The summed E-state index contributed by atoms with van der Waals surface area (Å²) < 4.78 is 27.8. The van der Waals surface area contributed by atoms with Crippen LogP contribution in [-0.2, 0) is 6.54 Å². The van der Waals surface area contributed by atoms with Crippen molar-refractivity contribution in [3.8, 4) is 0 Å². The topological polar surface area (TPSA) is 12.0 Å². The summed E-state index contributed by atoms with van der Waals surface area (Å²) in [6.07, 6.45) is 0. The van der Waals surface area contributed by atoms with Gasteiger partial charge < -0.3 is 0 Å². The van der Waals surface area contributed by atoms with Gasteiger partial charge >= 0.3 is 0 Å². The average Bonchev–Trinajstić information content (AvgIpc) is 1.95. The maximum atomic E-state index is 12.8. The lowest BCUT2D eigenvalue weighted by molar-refractivity contribution is 0.571. The summed E-state index contributed by atoms with van der Waals surface area (Å²) >= 11 is 1.91. The molecule has 0 aliphatic rings. The van der Waals surface area contributed by atoms with E-state index >= 15 is 0 Å². The van der Waals surface area contributed by atoms with Gasteiger partial charge in [-0.15, -0.1) is 0 Å². The van der Waals surface area contributed by atoms with Gasteiger partial charge in [0.05, 0.1) is 0 Å². The van der Waals surface area contributed by atoms with E-state index in [-0.39, 0.29) is 0 Å². The zero-order valence-corrected chi connectivity index (χ0v) is 7.73. The van der Waals surface area contributed by atoms with Gasteiger partial charge in [-0.2, -0.15) is 0 Å². The molecule has 11 heavy (non-hydrogen) atoms. The van der Waals surface area contributed by atoms with E-state index in [0.717, 1.165) is 6.07 Å². The number of hydrogen-bond donors (Lipinski definition) is 1. The van der Waals surface area contributed by atoms with Gasteiger partial charge in [0.1, 0.15) is 11.6 Å². The Bertz CT molecular complexity index is 252. The fraction of sp³-hybridized carbons (Fsp3) is 0.143. The number of hydrogen-bond acceptors (Lipinski definition) is 1. The van der Waals surface area contributed by atoms with E-state index in [2.05, 4.69) is 3.53 Å². The lowest BCUT2D eigenvalue weighted by Gasteiger charge is -1.99. The summed E-state index contributed by atoms with van der Waals surface area (Å²) in [6, 6.07) is 3.55. The van der Waals surface area contributed by atoms with Crippen LogP contribution >= 0.6 is 22.9 Å². The smallest absolute Gasteiger partial charge is 0.130 e. The number of benzene rings is 1. The summed E-state index contributed by atoms with van der Waals surface area (Å²) in [5, 5.41) is 0. The molecule has 1 aromatic carbocycles. The van der Waals surface area contributed by atoms with Crippen molar-refractivity contribution in [1.82, 2.24) is 3.53 Å². The minimum Gasteiger partial charge on any atom is -0.257 e. The van der Waals surface area contributed by atoms with Gasteiger partial charge in [-0.3, -0.25) is 3.53 Å². The van der Waals surface area contributed by atoms with E-state index in [1.165, 1.54) is 12.1 Å². The molecule has 0 heterocycles. The molecule has 0 bridgehead atoms. The largest absolute Gasteiger partial charge is 0.257 e.